The molecule has 8 heteroatoms. The number of carbonyl (C=O) groups is 2. The molecule has 0 fully saturated rings. The van der Waals surface area contributed by atoms with E-state index in [1.54, 1.807) is 60.7 Å². The van der Waals surface area contributed by atoms with Gasteiger partial charge >= 0.3 is 6.09 Å². The maximum Gasteiger partial charge on any atom is 0.412 e. The molecule has 0 saturated carbocycles. The molecule has 0 saturated heterocycles. The van der Waals surface area contributed by atoms with Crippen molar-refractivity contribution in [2.45, 2.75) is 20.0 Å². The monoisotopic (exact) mass is 489 g/mol. The van der Waals surface area contributed by atoms with Crippen molar-refractivity contribution in [1.29, 1.82) is 0 Å². The first-order chi connectivity index (χ1) is 17.4. The van der Waals surface area contributed by atoms with Crippen molar-refractivity contribution in [2.75, 3.05) is 29.6 Å². The van der Waals surface area contributed by atoms with Crippen molar-refractivity contribution < 1.29 is 24.2 Å². The van der Waals surface area contributed by atoms with Gasteiger partial charge in [0.2, 0.25) is 5.91 Å². The molecule has 0 spiro atoms. The minimum Gasteiger partial charge on any atom is -0.491 e. The highest BCUT2D eigenvalue weighted by Gasteiger charge is 2.23. The van der Waals surface area contributed by atoms with Crippen LogP contribution in [0.1, 0.15) is 24.2 Å². The van der Waals surface area contributed by atoms with Gasteiger partial charge in [0, 0.05) is 11.6 Å². The van der Waals surface area contributed by atoms with Crippen molar-refractivity contribution in [3.63, 3.8) is 0 Å². The number of aliphatic hydroxyl groups excluding tert-OH is 1. The summed E-state index contributed by atoms with van der Waals surface area (Å²) in [7, 11) is 0. The Morgan fingerprint density at radius 1 is 1.03 bits per heavy atom. The Morgan fingerprint density at radius 2 is 1.78 bits per heavy atom. The van der Waals surface area contributed by atoms with Crippen LogP contribution in [0.25, 0.3) is 0 Å². The highest BCUT2D eigenvalue weighted by atomic mass is 16.6. The molecule has 2 amide bonds. The molecule has 0 heterocycles. The summed E-state index contributed by atoms with van der Waals surface area (Å²) in [4.78, 5) is 25.2. The Kier molecular flexibility index (Phi) is 9.48. The van der Waals surface area contributed by atoms with Gasteiger partial charge in [0.1, 0.15) is 18.5 Å². The first-order valence-corrected chi connectivity index (χ1v) is 11.6. The maximum atomic E-state index is 12.7. The molecular formula is C28H31N3O5. The average Bonchev–Trinajstić information content (AvgIpc) is 2.87. The third-order valence-corrected chi connectivity index (χ3v) is 5.33. The summed E-state index contributed by atoms with van der Waals surface area (Å²) in [5, 5.41) is 14.5. The summed E-state index contributed by atoms with van der Waals surface area (Å²) in [5.74, 6) is -0.203. The summed E-state index contributed by atoms with van der Waals surface area (Å²) in [6.45, 7) is 3.82. The number of amides is 2. The second kappa shape index (κ2) is 13.0. The topological polar surface area (TPSA) is 123 Å². The molecule has 0 aliphatic carbocycles. The lowest BCUT2D eigenvalue weighted by atomic mass is 9.96. The predicted molar refractivity (Wildman–Crippen MR) is 141 cm³/mol. The molecule has 2 atom stereocenters. The molecule has 188 valence electrons. The van der Waals surface area contributed by atoms with Gasteiger partial charge in [-0.15, -0.1) is 0 Å². The predicted octanol–water partition coefficient (Wildman–Crippen LogP) is 5.07. The molecule has 0 bridgehead atoms. The molecule has 36 heavy (non-hydrogen) atoms. The van der Waals surface area contributed by atoms with Crippen LogP contribution < -0.4 is 21.1 Å². The third-order valence-electron chi connectivity index (χ3n) is 5.33. The number of benzene rings is 3. The lowest BCUT2D eigenvalue weighted by Crippen LogP contribution is -2.21. The van der Waals surface area contributed by atoms with Crippen LogP contribution in [0.2, 0.25) is 0 Å². The quantitative estimate of drug-likeness (QED) is 0.233. The van der Waals surface area contributed by atoms with Crippen LogP contribution in [0.3, 0.4) is 0 Å². The molecule has 0 radical (unpaired) electrons. The number of nitrogens with two attached hydrogens (primary N) is 1. The van der Waals surface area contributed by atoms with E-state index >= 15 is 0 Å². The van der Waals surface area contributed by atoms with Crippen LogP contribution in [0.4, 0.5) is 21.9 Å². The Labute approximate surface area is 210 Å². The van der Waals surface area contributed by atoms with Gasteiger partial charge in [0.15, 0.2) is 0 Å². The van der Waals surface area contributed by atoms with Gasteiger partial charge in [-0.1, -0.05) is 55.0 Å². The smallest absolute Gasteiger partial charge is 0.412 e. The Hall–Kier alpha value is -4.30. The summed E-state index contributed by atoms with van der Waals surface area (Å²) < 4.78 is 11.3. The number of nitrogens with one attached hydrogen (secondary N) is 2. The van der Waals surface area contributed by atoms with Gasteiger partial charge in [0.05, 0.1) is 18.0 Å². The van der Waals surface area contributed by atoms with E-state index in [1.807, 2.05) is 32.0 Å². The van der Waals surface area contributed by atoms with E-state index in [0.717, 1.165) is 5.56 Å². The van der Waals surface area contributed by atoms with Crippen LogP contribution in [0, 0.1) is 12.8 Å². The van der Waals surface area contributed by atoms with Gasteiger partial charge in [-0.2, -0.15) is 0 Å². The highest BCUT2D eigenvalue weighted by molar-refractivity contribution is 6.01. The van der Waals surface area contributed by atoms with Gasteiger partial charge in [-0.05, 0) is 55.0 Å². The van der Waals surface area contributed by atoms with Gasteiger partial charge < -0.3 is 25.6 Å². The van der Waals surface area contributed by atoms with E-state index in [-0.39, 0.29) is 25.0 Å². The van der Waals surface area contributed by atoms with Crippen molar-refractivity contribution in [3.8, 4) is 5.75 Å². The maximum absolute atomic E-state index is 12.7. The number of aliphatic hydroxyl groups is 1. The number of nitrogen functional groups attached to an aromatic ring is 1. The Balaban J connectivity index is 1.77. The van der Waals surface area contributed by atoms with E-state index in [9.17, 15) is 9.59 Å². The number of aryl methyl sites for hydroxylation is 1. The number of hydrogen-bond donors (Lipinski definition) is 4. The molecule has 0 unspecified atom stereocenters. The first-order valence-electron chi connectivity index (χ1n) is 11.6. The molecule has 0 aliphatic rings. The summed E-state index contributed by atoms with van der Waals surface area (Å²) in [5.41, 5.74) is 9.22. The van der Waals surface area contributed by atoms with Crippen molar-refractivity contribution >= 4 is 29.1 Å². The van der Waals surface area contributed by atoms with E-state index in [2.05, 4.69) is 10.6 Å². The zero-order chi connectivity index (χ0) is 25.9. The fourth-order valence-electron chi connectivity index (χ4n) is 3.45. The van der Waals surface area contributed by atoms with E-state index < -0.39 is 12.2 Å². The van der Waals surface area contributed by atoms with Gasteiger partial charge in [-0.25, -0.2) is 4.79 Å². The molecule has 0 aliphatic heterocycles. The number of rotatable bonds is 10. The molecule has 0 aromatic heterocycles. The van der Waals surface area contributed by atoms with Crippen LogP contribution in [0.5, 0.6) is 5.75 Å². The highest BCUT2D eigenvalue weighted by Crippen LogP contribution is 2.30. The molecule has 3 aromatic carbocycles. The summed E-state index contributed by atoms with van der Waals surface area (Å²) in [6, 6.07) is 21.4. The van der Waals surface area contributed by atoms with Crippen LogP contribution >= 0.6 is 0 Å². The Bertz CT molecular complexity index is 1190. The third kappa shape index (κ3) is 7.89. The zero-order valence-corrected chi connectivity index (χ0v) is 20.3. The van der Waals surface area contributed by atoms with Crippen LogP contribution in [0.15, 0.2) is 84.9 Å². The minimum absolute atomic E-state index is 0.122. The second-order valence-electron chi connectivity index (χ2n) is 8.26. The SMILES string of the molecule is Cc1ccc(NC(=O)O[C@@H](c2cccc(OCCO)c2)[C@@H](C)/C=C/C(=O)Nc2ccccc2N)cc1. The number of para-hydroxylation sites is 2. The normalized spacial score (nSPS) is 12.5. The average molecular weight is 490 g/mol. The lowest BCUT2D eigenvalue weighted by molar-refractivity contribution is -0.111. The number of ether oxygens (including phenoxy) is 2. The number of anilines is 3. The lowest BCUT2D eigenvalue weighted by Gasteiger charge is -2.23. The van der Waals surface area contributed by atoms with Crippen LogP contribution in [-0.2, 0) is 9.53 Å². The Morgan fingerprint density at radius 3 is 2.50 bits per heavy atom. The van der Waals surface area contributed by atoms with E-state index in [4.69, 9.17) is 20.3 Å². The minimum atomic E-state index is -0.723. The molecule has 5 N–H and O–H groups in total. The number of carbonyl (C=O) groups excluding carboxylic acids is 2. The van der Waals surface area contributed by atoms with Crippen molar-refractivity contribution in [2.24, 2.45) is 5.92 Å². The van der Waals surface area contributed by atoms with Gasteiger partial charge in [-0.3, -0.25) is 10.1 Å². The summed E-state index contributed by atoms with van der Waals surface area (Å²) in [6.07, 6.45) is 1.70. The second-order valence-corrected chi connectivity index (χ2v) is 8.26. The standard InChI is InChI=1S/C28H31N3O5/c1-19-10-13-22(14-11-19)30-28(34)36-27(21-6-5-7-23(18-21)35-17-16-32)20(2)12-15-26(33)31-25-9-4-3-8-24(25)29/h3-15,18,20,27,32H,16-17,29H2,1-2H3,(H,30,34)(H,31,33)/b15-12+/t20-,27+/m0/s1. The van der Waals surface area contributed by atoms with E-state index in [0.29, 0.717) is 28.4 Å². The van der Waals surface area contributed by atoms with E-state index in [1.165, 1.54) is 6.08 Å². The summed E-state index contributed by atoms with van der Waals surface area (Å²) >= 11 is 0. The first kappa shape index (κ1) is 26.3. The van der Waals surface area contributed by atoms with Crippen LogP contribution in [-0.4, -0.2) is 30.3 Å². The molecule has 3 aromatic rings. The van der Waals surface area contributed by atoms with Crippen molar-refractivity contribution in [1.82, 2.24) is 0 Å². The largest absolute Gasteiger partial charge is 0.491 e. The fraction of sp³-hybridized carbons (Fsp3) is 0.214. The van der Waals surface area contributed by atoms with Crippen molar-refractivity contribution in [3.05, 3.63) is 96.1 Å². The number of hydrogen-bond acceptors (Lipinski definition) is 6. The molecule has 3 rings (SSSR count). The fourth-order valence-corrected chi connectivity index (χ4v) is 3.45. The zero-order valence-electron chi connectivity index (χ0n) is 20.3. The van der Waals surface area contributed by atoms with Gasteiger partial charge in [0.25, 0.3) is 0 Å². The molecule has 8 nitrogen and oxygen atoms in total. The molecular weight excluding hydrogens is 458 g/mol.